The van der Waals surface area contributed by atoms with Crippen LogP contribution in [0.2, 0.25) is 0 Å². The number of nitrogens with two attached hydrogens (primary N) is 1. The van der Waals surface area contributed by atoms with E-state index >= 15 is 0 Å². The Kier molecular flexibility index (Phi) is 5.85. The van der Waals surface area contributed by atoms with Gasteiger partial charge in [0.25, 0.3) is 5.56 Å². The highest BCUT2D eigenvalue weighted by atomic mass is 16.1. The van der Waals surface area contributed by atoms with Gasteiger partial charge in [-0.2, -0.15) is 0 Å². The fourth-order valence-electron chi connectivity index (χ4n) is 3.26. The maximum atomic E-state index is 11.7. The van der Waals surface area contributed by atoms with Crippen molar-refractivity contribution in [2.24, 2.45) is 11.8 Å². The molecule has 1 saturated heterocycles. The van der Waals surface area contributed by atoms with Crippen molar-refractivity contribution < 1.29 is 0 Å². The van der Waals surface area contributed by atoms with Crippen LogP contribution >= 0.6 is 0 Å². The predicted molar refractivity (Wildman–Crippen MR) is 88.4 cm³/mol. The van der Waals surface area contributed by atoms with E-state index in [1.54, 1.807) is 22.9 Å². The molecule has 1 aliphatic rings. The summed E-state index contributed by atoms with van der Waals surface area (Å²) >= 11 is 0. The lowest BCUT2D eigenvalue weighted by Gasteiger charge is -2.21. The topological polar surface area (TPSA) is 51.3 Å². The van der Waals surface area contributed by atoms with E-state index in [1.807, 2.05) is 0 Å². The molecule has 4 nitrogen and oxygen atoms in total. The van der Waals surface area contributed by atoms with Gasteiger partial charge in [-0.05, 0) is 63.2 Å². The number of rotatable bonds is 5. The van der Waals surface area contributed by atoms with Crippen LogP contribution in [0.15, 0.2) is 23.1 Å². The SMILES string of the molecule is CC(C)C1CCCN(CCCn2cc(N)ccc2=O)CC1. The molecule has 21 heavy (non-hydrogen) atoms. The highest BCUT2D eigenvalue weighted by molar-refractivity contribution is 5.33. The Labute approximate surface area is 127 Å². The van der Waals surface area contributed by atoms with E-state index in [-0.39, 0.29) is 5.56 Å². The summed E-state index contributed by atoms with van der Waals surface area (Å²) in [6.07, 6.45) is 6.75. The van der Waals surface area contributed by atoms with Crippen LogP contribution in [-0.4, -0.2) is 29.1 Å². The van der Waals surface area contributed by atoms with Crippen LogP contribution in [0.1, 0.15) is 39.5 Å². The monoisotopic (exact) mass is 291 g/mol. The summed E-state index contributed by atoms with van der Waals surface area (Å²) in [5, 5.41) is 0. The number of aromatic nitrogens is 1. The smallest absolute Gasteiger partial charge is 0.250 e. The Morgan fingerprint density at radius 3 is 2.81 bits per heavy atom. The molecule has 0 radical (unpaired) electrons. The van der Waals surface area contributed by atoms with Gasteiger partial charge in [0.2, 0.25) is 0 Å². The lowest BCUT2D eigenvalue weighted by atomic mass is 9.89. The van der Waals surface area contributed by atoms with E-state index < -0.39 is 0 Å². The van der Waals surface area contributed by atoms with Crippen molar-refractivity contribution in [3.8, 4) is 0 Å². The molecule has 2 heterocycles. The molecule has 0 spiro atoms. The molecule has 1 aromatic rings. The maximum Gasteiger partial charge on any atom is 0.250 e. The first-order valence-corrected chi connectivity index (χ1v) is 8.24. The first-order valence-electron chi connectivity index (χ1n) is 8.24. The zero-order valence-corrected chi connectivity index (χ0v) is 13.4. The quantitative estimate of drug-likeness (QED) is 0.907. The van der Waals surface area contributed by atoms with Gasteiger partial charge in [0.05, 0.1) is 0 Å². The summed E-state index contributed by atoms with van der Waals surface area (Å²) in [7, 11) is 0. The second-order valence-corrected chi connectivity index (χ2v) is 6.62. The van der Waals surface area contributed by atoms with E-state index in [0.717, 1.165) is 31.3 Å². The summed E-state index contributed by atoms with van der Waals surface area (Å²) < 4.78 is 1.73. The first-order chi connectivity index (χ1) is 10.1. The summed E-state index contributed by atoms with van der Waals surface area (Å²) in [6.45, 7) is 8.92. The molecular weight excluding hydrogens is 262 g/mol. The van der Waals surface area contributed by atoms with Crippen LogP contribution in [0.25, 0.3) is 0 Å². The van der Waals surface area contributed by atoms with Gasteiger partial charge < -0.3 is 15.2 Å². The third kappa shape index (κ3) is 4.88. The molecule has 4 heteroatoms. The van der Waals surface area contributed by atoms with E-state index in [4.69, 9.17) is 5.73 Å². The predicted octanol–water partition coefficient (Wildman–Crippen LogP) is 2.58. The van der Waals surface area contributed by atoms with Crippen molar-refractivity contribution in [3.63, 3.8) is 0 Å². The van der Waals surface area contributed by atoms with Gasteiger partial charge in [-0.3, -0.25) is 4.79 Å². The molecule has 0 amide bonds. The highest BCUT2D eigenvalue weighted by Gasteiger charge is 2.18. The van der Waals surface area contributed by atoms with Crippen molar-refractivity contribution in [1.82, 2.24) is 9.47 Å². The molecule has 2 N–H and O–H groups in total. The minimum atomic E-state index is 0.0416. The second kappa shape index (κ2) is 7.64. The molecule has 2 rings (SSSR count). The molecule has 1 atom stereocenters. The van der Waals surface area contributed by atoms with Crippen molar-refractivity contribution >= 4 is 5.69 Å². The third-order valence-electron chi connectivity index (χ3n) is 4.69. The first kappa shape index (κ1) is 16.1. The van der Waals surface area contributed by atoms with Crippen molar-refractivity contribution in [2.75, 3.05) is 25.4 Å². The molecule has 0 bridgehead atoms. The molecule has 0 aliphatic carbocycles. The van der Waals surface area contributed by atoms with Crippen molar-refractivity contribution in [1.29, 1.82) is 0 Å². The average molecular weight is 291 g/mol. The standard InChI is InChI=1S/C17H29N3O/c1-14(2)15-5-3-9-19(12-8-15)10-4-11-20-13-16(18)6-7-17(20)21/h6-7,13-15H,3-5,8-12,18H2,1-2H3. The summed E-state index contributed by atoms with van der Waals surface area (Å²) in [5.41, 5.74) is 6.43. The Morgan fingerprint density at radius 1 is 1.24 bits per heavy atom. The minimum Gasteiger partial charge on any atom is -0.398 e. The number of likely N-dealkylation sites (tertiary alicyclic amines) is 1. The Balaban J connectivity index is 1.78. The van der Waals surface area contributed by atoms with Gasteiger partial charge in [-0.15, -0.1) is 0 Å². The number of nitrogen functional groups attached to an aromatic ring is 1. The number of hydrogen-bond acceptors (Lipinski definition) is 3. The summed E-state index contributed by atoms with van der Waals surface area (Å²) in [6, 6.07) is 3.22. The van der Waals surface area contributed by atoms with Gasteiger partial charge in [0.15, 0.2) is 0 Å². The normalized spacial score (nSPS) is 20.6. The highest BCUT2D eigenvalue weighted by Crippen LogP contribution is 2.24. The maximum absolute atomic E-state index is 11.7. The zero-order chi connectivity index (χ0) is 15.2. The summed E-state index contributed by atoms with van der Waals surface area (Å²) in [4.78, 5) is 14.3. The molecule has 1 unspecified atom stereocenters. The number of pyridine rings is 1. The average Bonchev–Trinajstić information content (AvgIpc) is 2.68. The number of nitrogens with zero attached hydrogens (tertiary/aromatic N) is 2. The molecular formula is C17H29N3O. The van der Waals surface area contributed by atoms with Crippen LogP contribution in [0.4, 0.5) is 5.69 Å². The zero-order valence-electron chi connectivity index (χ0n) is 13.4. The lowest BCUT2D eigenvalue weighted by Crippen LogP contribution is -2.28. The molecule has 1 aliphatic heterocycles. The fraction of sp³-hybridized carbons (Fsp3) is 0.706. The summed E-state index contributed by atoms with van der Waals surface area (Å²) in [5.74, 6) is 1.68. The molecule has 1 aromatic heterocycles. The largest absolute Gasteiger partial charge is 0.398 e. The van der Waals surface area contributed by atoms with Gasteiger partial charge in [0, 0.05) is 24.5 Å². The van der Waals surface area contributed by atoms with Crippen LogP contribution in [0, 0.1) is 11.8 Å². The van der Waals surface area contributed by atoms with E-state index in [2.05, 4.69) is 18.7 Å². The molecule has 1 fully saturated rings. The number of aryl methyl sites for hydroxylation is 1. The number of anilines is 1. The second-order valence-electron chi connectivity index (χ2n) is 6.62. The number of hydrogen-bond donors (Lipinski definition) is 1. The van der Waals surface area contributed by atoms with Crippen molar-refractivity contribution in [3.05, 3.63) is 28.7 Å². The fourth-order valence-corrected chi connectivity index (χ4v) is 3.26. The molecule has 0 saturated carbocycles. The Hall–Kier alpha value is -1.29. The third-order valence-corrected chi connectivity index (χ3v) is 4.69. The van der Waals surface area contributed by atoms with Crippen LogP contribution in [0.5, 0.6) is 0 Å². The van der Waals surface area contributed by atoms with Crippen LogP contribution in [-0.2, 0) is 6.54 Å². The Morgan fingerprint density at radius 2 is 2.05 bits per heavy atom. The molecule has 0 aromatic carbocycles. The van der Waals surface area contributed by atoms with Gasteiger partial charge in [-0.1, -0.05) is 13.8 Å². The van der Waals surface area contributed by atoms with Crippen molar-refractivity contribution in [2.45, 2.75) is 46.1 Å². The minimum absolute atomic E-state index is 0.0416. The van der Waals surface area contributed by atoms with Gasteiger partial charge in [0.1, 0.15) is 0 Å². The van der Waals surface area contributed by atoms with Crippen LogP contribution in [0.3, 0.4) is 0 Å². The lowest BCUT2D eigenvalue weighted by molar-refractivity contribution is 0.264. The van der Waals surface area contributed by atoms with Crippen LogP contribution < -0.4 is 11.3 Å². The Bertz CT molecular complexity index is 495. The van der Waals surface area contributed by atoms with E-state index in [1.165, 1.54) is 32.4 Å². The van der Waals surface area contributed by atoms with E-state index in [0.29, 0.717) is 5.69 Å². The van der Waals surface area contributed by atoms with E-state index in [9.17, 15) is 4.79 Å². The van der Waals surface area contributed by atoms with Gasteiger partial charge >= 0.3 is 0 Å². The molecule has 118 valence electrons. The van der Waals surface area contributed by atoms with Gasteiger partial charge in [-0.25, -0.2) is 0 Å².